The van der Waals surface area contributed by atoms with Gasteiger partial charge < -0.3 is 4.74 Å². The molecule has 1 N–H and O–H groups in total. The Kier molecular flexibility index (Phi) is 3.40. The van der Waals surface area contributed by atoms with Crippen LogP contribution in [0.2, 0.25) is 0 Å². The standard InChI is InChI=1S/C8H15NO2S/c1-5(2)7-9-6(4-12-7)8(10)11-3/h5-7,9H,4H2,1-3H3/t6-,7-/m0/s1. The van der Waals surface area contributed by atoms with E-state index in [1.165, 1.54) is 7.11 Å². The van der Waals surface area contributed by atoms with E-state index in [0.29, 0.717) is 11.3 Å². The topological polar surface area (TPSA) is 38.3 Å². The van der Waals surface area contributed by atoms with Gasteiger partial charge in [-0.3, -0.25) is 10.1 Å². The summed E-state index contributed by atoms with van der Waals surface area (Å²) in [6, 6.07) is -0.104. The first-order valence-corrected chi connectivity index (χ1v) is 5.15. The second-order valence-corrected chi connectivity index (χ2v) is 4.41. The van der Waals surface area contributed by atoms with E-state index in [9.17, 15) is 4.79 Å². The second kappa shape index (κ2) is 4.14. The zero-order chi connectivity index (χ0) is 9.14. The lowest BCUT2D eigenvalue weighted by atomic mass is 10.2. The highest BCUT2D eigenvalue weighted by atomic mass is 32.2. The van der Waals surface area contributed by atoms with Crippen LogP contribution in [0, 0.1) is 5.92 Å². The van der Waals surface area contributed by atoms with E-state index in [4.69, 9.17) is 0 Å². The van der Waals surface area contributed by atoms with Crippen LogP contribution >= 0.6 is 11.8 Å². The summed E-state index contributed by atoms with van der Waals surface area (Å²) in [7, 11) is 1.43. The molecule has 1 aliphatic heterocycles. The predicted octanol–water partition coefficient (Wildman–Crippen LogP) is 0.846. The third-order valence-electron chi connectivity index (χ3n) is 1.90. The molecule has 1 saturated heterocycles. The van der Waals surface area contributed by atoms with Gasteiger partial charge in [-0.1, -0.05) is 13.8 Å². The van der Waals surface area contributed by atoms with E-state index >= 15 is 0 Å². The summed E-state index contributed by atoms with van der Waals surface area (Å²) in [4.78, 5) is 11.1. The summed E-state index contributed by atoms with van der Waals surface area (Å²) in [5.74, 6) is 1.24. The Morgan fingerprint density at radius 1 is 1.67 bits per heavy atom. The molecule has 1 rings (SSSR count). The van der Waals surface area contributed by atoms with Gasteiger partial charge in [0.2, 0.25) is 0 Å². The minimum absolute atomic E-state index is 0.104. The van der Waals surface area contributed by atoms with Crippen molar-refractivity contribution in [3.8, 4) is 0 Å². The molecule has 2 atom stereocenters. The van der Waals surface area contributed by atoms with Crippen LogP contribution in [0.1, 0.15) is 13.8 Å². The lowest BCUT2D eigenvalue weighted by molar-refractivity contribution is -0.142. The molecule has 4 heteroatoms. The minimum atomic E-state index is -0.148. The molecular formula is C8H15NO2S. The molecule has 0 aliphatic carbocycles. The van der Waals surface area contributed by atoms with Crippen molar-refractivity contribution in [3.05, 3.63) is 0 Å². The normalized spacial score (nSPS) is 29.3. The second-order valence-electron chi connectivity index (χ2n) is 3.24. The molecular weight excluding hydrogens is 174 g/mol. The highest BCUT2D eigenvalue weighted by Gasteiger charge is 2.31. The zero-order valence-corrected chi connectivity index (χ0v) is 8.48. The number of hydrogen-bond donors (Lipinski definition) is 1. The Bertz CT molecular complexity index is 172. The highest BCUT2D eigenvalue weighted by Crippen LogP contribution is 2.24. The van der Waals surface area contributed by atoms with Gasteiger partial charge in [0.1, 0.15) is 6.04 Å². The van der Waals surface area contributed by atoms with Crippen LogP contribution in [0.25, 0.3) is 0 Å². The van der Waals surface area contributed by atoms with Crippen LogP contribution in [0.3, 0.4) is 0 Å². The maximum Gasteiger partial charge on any atom is 0.323 e. The largest absolute Gasteiger partial charge is 0.468 e. The fourth-order valence-electron chi connectivity index (χ4n) is 1.16. The van der Waals surface area contributed by atoms with Crippen molar-refractivity contribution >= 4 is 17.7 Å². The number of nitrogens with one attached hydrogen (secondary N) is 1. The van der Waals surface area contributed by atoms with E-state index in [0.717, 1.165) is 5.75 Å². The predicted molar refractivity (Wildman–Crippen MR) is 50.0 cm³/mol. The Balaban J connectivity index is 2.40. The molecule has 0 radical (unpaired) electrons. The third-order valence-corrected chi connectivity index (χ3v) is 3.46. The highest BCUT2D eigenvalue weighted by molar-refractivity contribution is 8.00. The van der Waals surface area contributed by atoms with Crippen LogP contribution in [0.5, 0.6) is 0 Å². The molecule has 0 aromatic carbocycles. The number of ether oxygens (including phenoxy) is 1. The maximum atomic E-state index is 11.1. The van der Waals surface area contributed by atoms with Crippen molar-refractivity contribution in [2.45, 2.75) is 25.3 Å². The van der Waals surface area contributed by atoms with E-state index in [-0.39, 0.29) is 12.0 Å². The van der Waals surface area contributed by atoms with Gasteiger partial charge in [0.05, 0.1) is 12.5 Å². The molecule has 0 aromatic heterocycles. The zero-order valence-electron chi connectivity index (χ0n) is 7.66. The van der Waals surface area contributed by atoms with E-state index < -0.39 is 0 Å². The Morgan fingerprint density at radius 3 is 2.75 bits per heavy atom. The monoisotopic (exact) mass is 189 g/mol. The first kappa shape index (κ1) is 9.86. The maximum absolute atomic E-state index is 11.1. The number of esters is 1. The first-order chi connectivity index (χ1) is 5.65. The summed E-state index contributed by atoms with van der Waals surface area (Å²) in [5, 5.41) is 3.63. The average Bonchev–Trinajstić information content (AvgIpc) is 2.51. The summed E-state index contributed by atoms with van der Waals surface area (Å²) >= 11 is 1.79. The summed E-state index contributed by atoms with van der Waals surface area (Å²) in [6.45, 7) is 4.29. The number of methoxy groups -OCH3 is 1. The van der Waals surface area contributed by atoms with Crippen LogP contribution in [-0.4, -0.2) is 30.2 Å². The molecule has 12 heavy (non-hydrogen) atoms. The molecule has 0 spiro atoms. The minimum Gasteiger partial charge on any atom is -0.468 e. The Morgan fingerprint density at radius 2 is 2.33 bits per heavy atom. The smallest absolute Gasteiger partial charge is 0.323 e. The quantitative estimate of drug-likeness (QED) is 0.653. The molecule has 0 bridgehead atoms. The summed E-state index contributed by atoms with van der Waals surface area (Å²) < 4.78 is 4.65. The van der Waals surface area contributed by atoms with Gasteiger partial charge in [0.25, 0.3) is 0 Å². The molecule has 0 amide bonds. The van der Waals surface area contributed by atoms with Gasteiger partial charge in [-0.15, -0.1) is 11.8 Å². The van der Waals surface area contributed by atoms with Crippen molar-refractivity contribution in [1.82, 2.24) is 5.32 Å². The SMILES string of the molecule is COC(=O)[C@@H]1CS[C@@H](C(C)C)N1. The van der Waals surface area contributed by atoms with Gasteiger partial charge in [-0.25, -0.2) is 0 Å². The lowest BCUT2D eigenvalue weighted by Crippen LogP contribution is -2.39. The van der Waals surface area contributed by atoms with Gasteiger partial charge in [0.15, 0.2) is 0 Å². The van der Waals surface area contributed by atoms with Crippen LogP contribution in [0.4, 0.5) is 0 Å². The van der Waals surface area contributed by atoms with Crippen molar-refractivity contribution in [3.63, 3.8) is 0 Å². The number of carbonyl (C=O) groups excluding carboxylic acids is 1. The van der Waals surface area contributed by atoms with Gasteiger partial charge in [-0.05, 0) is 5.92 Å². The molecule has 1 fully saturated rings. The van der Waals surface area contributed by atoms with Gasteiger partial charge >= 0.3 is 5.97 Å². The molecule has 3 nitrogen and oxygen atoms in total. The lowest BCUT2D eigenvalue weighted by Gasteiger charge is -2.14. The van der Waals surface area contributed by atoms with Crippen molar-refractivity contribution in [2.75, 3.05) is 12.9 Å². The molecule has 0 aromatic rings. The number of hydrogen-bond acceptors (Lipinski definition) is 4. The fraction of sp³-hybridized carbons (Fsp3) is 0.875. The molecule has 1 heterocycles. The van der Waals surface area contributed by atoms with E-state index in [1.54, 1.807) is 11.8 Å². The molecule has 0 saturated carbocycles. The average molecular weight is 189 g/mol. The van der Waals surface area contributed by atoms with E-state index in [1.807, 2.05) is 0 Å². The molecule has 0 unspecified atom stereocenters. The van der Waals surface area contributed by atoms with Gasteiger partial charge in [-0.2, -0.15) is 0 Å². The van der Waals surface area contributed by atoms with Crippen LogP contribution < -0.4 is 5.32 Å². The fourth-order valence-corrected chi connectivity index (χ4v) is 2.44. The van der Waals surface area contributed by atoms with Crippen LogP contribution in [0.15, 0.2) is 0 Å². The van der Waals surface area contributed by atoms with Crippen molar-refractivity contribution in [2.24, 2.45) is 5.92 Å². The summed E-state index contributed by atoms with van der Waals surface area (Å²) in [5.41, 5.74) is 0. The first-order valence-electron chi connectivity index (χ1n) is 4.10. The Labute approximate surface area is 77.2 Å². The molecule has 70 valence electrons. The third kappa shape index (κ3) is 2.14. The van der Waals surface area contributed by atoms with Crippen molar-refractivity contribution in [1.29, 1.82) is 0 Å². The van der Waals surface area contributed by atoms with Crippen LogP contribution in [-0.2, 0) is 9.53 Å². The number of carbonyl (C=O) groups is 1. The Hall–Kier alpha value is -0.220. The summed E-state index contributed by atoms with van der Waals surface area (Å²) in [6.07, 6.45) is 0. The molecule has 1 aliphatic rings. The number of rotatable bonds is 2. The number of thioether (sulfide) groups is 1. The van der Waals surface area contributed by atoms with E-state index in [2.05, 4.69) is 23.9 Å². The van der Waals surface area contributed by atoms with Gasteiger partial charge in [0, 0.05) is 5.75 Å². The van der Waals surface area contributed by atoms with Crippen molar-refractivity contribution < 1.29 is 9.53 Å².